The summed E-state index contributed by atoms with van der Waals surface area (Å²) in [5, 5.41) is 14.1. The molecular formula is C30H44N4O7Si. The molecule has 0 radical (unpaired) electrons. The number of nitrogens with zero attached hydrogens (tertiary/aromatic N) is 3. The van der Waals surface area contributed by atoms with E-state index in [1.54, 1.807) is 23.1 Å². The Kier molecular flexibility index (Phi) is 10.9. The van der Waals surface area contributed by atoms with Gasteiger partial charge in [0.2, 0.25) is 5.88 Å². The largest absolute Gasteiger partial charge is 0.492 e. The van der Waals surface area contributed by atoms with Crippen LogP contribution in [0.15, 0.2) is 42.5 Å². The summed E-state index contributed by atoms with van der Waals surface area (Å²) >= 11 is 0. The van der Waals surface area contributed by atoms with Gasteiger partial charge in [-0.25, -0.2) is 9.59 Å². The molecule has 0 aliphatic heterocycles. The van der Waals surface area contributed by atoms with Crippen LogP contribution in [0.4, 0.5) is 15.3 Å². The van der Waals surface area contributed by atoms with Crippen LogP contribution in [0.5, 0.6) is 11.6 Å². The van der Waals surface area contributed by atoms with E-state index in [0.717, 1.165) is 28.4 Å². The Morgan fingerprint density at radius 1 is 1.10 bits per heavy atom. The first-order chi connectivity index (χ1) is 19.8. The summed E-state index contributed by atoms with van der Waals surface area (Å²) in [6.45, 7) is 12.5. The quantitative estimate of drug-likeness (QED) is 0.166. The third-order valence-corrected chi connectivity index (χ3v) is 11.9. The highest BCUT2D eigenvalue weighted by Crippen LogP contribution is 2.32. The lowest BCUT2D eigenvalue weighted by Gasteiger charge is -2.36. The summed E-state index contributed by atoms with van der Waals surface area (Å²) in [4.78, 5) is 26.7. The molecule has 42 heavy (non-hydrogen) atoms. The Balaban J connectivity index is 1.88. The van der Waals surface area contributed by atoms with E-state index >= 15 is 0 Å². The number of fused-ring (bicyclic) bond motifs is 1. The van der Waals surface area contributed by atoms with Gasteiger partial charge in [-0.2, -0.15) is 4.68 Å². The number of ether oxygens (including phenoxy) is 3. The van der Waals surface area contributed by atoms with Gasteiger partial charge < -0.3 is 34.4 Å². The van der Waals surface area contributed by atoms with Crippen molar-refractivity contribution in [1.82, 2.24) is 14.7 Å². The fraction of sp³-hybridized carbons (Fsp3) is 0.500. The average molecular weight is 601 g/mol. The van der Waals surface area contributed by atoms with Crippen molar-refractivity contribution in [2.24, 2.45) is 0 Å². The van der Waals surface area contributed by atoms with Gasteiger partial charge in [-0.05, 0) is 68.7 Å². The van der Waals surface area contributed by atoms with Crippen molar-refractivity contribution < 1.29 is 33.3 Å². The van der Waals surface area contributed by atoms with Crippen LogP contribution in [0.25, 0.3) is 10.9 Å². The van der Waals surface area contributed by atoms with Gasteiger partial charge in [0.25, 0.3) is 0 Å². The normalized spacial score (nSPS) is 12.6. The minimum atomic E-state index is -2.07. The molecule has 2 aromatic carbocycles. The molecule has 11 nitrogen and oxygen atoms in total. The second-order valence-electron chi connectivity index (χ2n) is 11.2. The molecule has 3 rings (SSSR count). The third-order valence-electron chi connectivity index (χ3n) is 7.27. The van der Waals surface area contributed by atoms with Gasteiger partial charge in [0.15, 0.2) is 8.32 Å². The van der Waals surface area contributed by atoms with E-state index in [9.17, 15) is 14.7 Å². The number of carbonyl (C=O) groups is 2. The van der Waals surface area contributed by atoms with Gasteiger partial charge in [-0.1, -0.05) is 32.9 Å². The van der Waals surface area contributed by atoms with Crippen LogP contribution in [-0.2, 0) is 9.16 Å². The number of anilines is 1. The Labute approximate surface area is 248 Å². The van der Waals surface area contributed by atoms with Crippen LogP contribution in [0.3, 0.4) is 0 Å². The van der Waals surface area contributed by atoms with E-state index in [0.29, 0.717) is 22.3 Å². The van der Waals surface area contributed by atoms with E-state index in [1.807, 2.05) is 45.0 Å². The van der Waals surface area contributed by atoms with Crippen LogP contribution in [0, 0.1) is 0 Å². The minimum Gasteiger partial charge on any atom is -0.492 e. The summed E-state index contributed by atoms with van der Waals surface area (Å²) in [7, 11) is -0.643. The first-order valence-corrected chi connectivity index (χ1v) is 16.8. The smallest absolute Gasteiger partial charge is 0.432 e. The van der Waals surface area contributed by atoms with Crippen LogP contribution in [0.2, 0.25) is 18.1 Å². The van der Waals surface area contributed by atoms with Gasteiger partial charge in [0, 0.05) is 11.8 Å². The lowest BCUT2D eigenvalue weighted by Crippen LogP contribution is -2.45. The van der Waals surface area contributed by atoms with E-state index in [4.69, 9.17) is 24.4 Å². The number of aromatic nitrogens is 2. The van der Waals surface area contributed by atoms with Gasteiger partial charge in [0.1, 0.15) is 18.0 Å². The second kappa shape index (κ2) is 13.9. The lowest BCUT2D eigenvalue weighted by molar-refractivity contribution is 0.0131. The maximum absolute atomic E-state index is 13.4. The van der Waals surface area contributed by atoms with E-state index in [1.165, 1.54) is 7.11 Å². The Morgan fingerprint density at radius 2 is 1.79 bits per heavy atom. The number of benzene rings is 2. The zero-order chi connectivity index (χ0) is 31.1. The van der Waals surface area contributed by atoms with Gasteiger partial charge >= 0.3 is 12.2 Å². The summed E-state index contributed by atoms with van der Waals surface area (Å²) in [6.07, 6.45) is -2.12. The highest BCUT2D eigenvalue weighted by Gasteiger charge is 2.35. The van der Waals surface area contributed by atoms with Crippen molar-refractivity contribution in [1.29, 1.82) is 0 Å². The molecule has 0 spiro atoms. The number of hydrogen-bond acceptors (Lipinski definition) is 8. The fourth-order valence-electron chi connectivity index (χ4n) is 4.78. The maximum atomic E-state index is 13.4. The van der Waals surface area contributed by atoms with Crippen molar-refractivity contribution >= 4 is 37.1 Å². The molecular weight excluding hydrogens is 556 g/mol. The van der Waals surface area contributed by atoms with Crippen LogP contribution in [0.1, 0.15) is 53.2 Å². The van der Waals surface area contributed by atoms with Crippen LogP contribution < -0.4 is 15.2 Å². The van der Waals surface area contributed by atoms with Crippen molar-refractivity contribution in [3.63, 3.8) is 0 Å². The zero-order valence-corrected chi connectivity index (χ0v) is 26.7. The summed E-state index contributed by atoms with van der Waals surface area (Å²) in [5.74, 6) is 0.628. The number of carbonyl (C=O) groups excluding carboxylic acids is 1. The van der Waals surface area contributed by atoms with Gasteiger partial charge in [-0.3, -0.25) is 0 Å². The maximum Gasteiger partial charge on any atom is 0.432 e. The van der Waals surface area contributed by atoms with E-state index < -0.39 is 32.2 Å². The molecule has 3 N–H and O–H groups in total. The number of methoxy groups -OCH3 is 1. The second-order valence-corrected chi connectivity index (χ2v) is 15.9. The zero-order valence-electron chi connectivity index (χ0n) is 25.7. The van der Waals surface area contributed by atoms with Crippen LogP contribution >= 0.6 is 0 Å². The molecule has 0 saturated carbocycles. The van der Waals surface area contributed by atoms with E-state index in [2.05, 4.69) is 25.9 Å². The Hall–Kier alpha value is -3.77. The molecule has 0 aliphatic rings. The molecule has 230 valence electrons. The number of rotatable bonds is 13. The lowest BCUT2D eigenvalue weighted by atomic mass is 10.1. The molecule has 0 bridgehead atoms. The summed E-state index contributed by atoms with van der Waals surface area (Å²) in [5.41, 5.74) is 7.29. The monoisotopic (exact) mass is 600 g/mol. The van der Waals surface area contributed by atoms with Gasteiger partial charge in [0.05, 0.1) is 37.2 Å². The number of hydrogen-bond donors (Lipinski definition) is 2. The molecule has 1 unspecified atom stereocenters. The molecule has 1 heterocycles. The molecule has 1 atom stereocenters. The number of carboxylic acid groups (broad SMARTS) is 1. The van der Waals surface area contributed by atoms with Crippen molar-refractivity contribution in [2.75, 3.05) is 32.5 Å². The molecule has 3 aromatic rings. The summed E-state index contributed by atoms with van der Waals surface area (Å²) < 4.78 is 24.7. The van der Waals surface area contributed by atoms with E-state index in [-0.39, 0.29) is 25.6 Å². The van der Waals surface area contributed by atoms with Gasteiger partial charge in [-0.15, -0.1) is 5.10 Å². The SMILES string of the molecule is CC[Si](CC)(CC)OC(CN(CCOc1ccc2c(OC)nn(C(=O)O)c2c1)C(=O)OC(C)(C)C)c1cccc(N)c1. The molecule has 1 amide bonds. The highest BCUT2D eigenvalue weighted by atomic mass is 28.4. The van der Waals surface area contributed by atoms with Crippen molar-refractivity contribution in [3.8, 4) is 11.6 Å². The Morgan fingerprint density at radius 3 is 2.36 bits per heavy atom. The van der Waals surface area contributed by atoms with Crippen molar-refractivity contribution in [2.45, 2.75) is 71.4 Å². The molecule has 12 heteroatoms. The number of amides is 1. The molecule has 0 fully saturated rings. The molecule has 1 aromatic heterocycles. The van der Waals surface area contributed by atoms with Crippen molar-refractivity contribution in [3.05, 3.63) is 48.0 Å². The standard InChI is InChI=1S/C30H44N4O7Si/c1-8-42(9-2,10-3)41-26(21-12-11-13-22(31)18-21)20-33(29(37)40-30(4,5)6)16-17-39-23-14-15-24-25(19-23)34(28(35)36)32-27(24)38-7/h11-15,18-19,26H,8-10,16-17,20,31H2,1-7H3,(H,35,36). The highest BCUT2D eigenvalue weighted by molar-refractivity contribution is 6.73. The fourth-order valence-corrected chi connectivity index (χ4v) is 7.60. The average Bonchev–Trinajstić information content (AvgIpc) is 3.32. The molecule has 0 aliphatic carbocycles. The summed E-state index contributed by atoms with van der Waals surface area (Å²) in [6, 6.07) is 15.4. The predicted molar refractivity (Wildman–Crippen MR) is 165 cm³/mol. The topological polar surface area (TPSA) is 138 Å². The number of nitrogen functional groups attached to an aromatic ring is 1. The third kappa shape index (κ3) is 8.16. The minimum absolute atomic E-state index is 0.130. The van der Waals surface area contributed by atoms with Crippen LogP contribution in [-0.4, -0.2) is 72.7 Å². The predicted octanol–water partition coefficient (Wildman–Crippen LogP) is 6.53. The number of nitrogens with two attached hydrogens (primary N) is 1. The first kappa shape index (κ1) is 32.7. The first-order valence-electron chi connectivity index (χ1n) is 14.3. The Bertz CT molecular complexity index is 1360. The molecule has 0 saturated heterocycles.